The summed E-state index contributed by atoms with van der Waals surface area (Å²) in [6.07, 6.45) is -1.51. The molecule has 0 N–H and O–H groups in total. The van der Waals surface area contributed by atoms with Crippen LogP contribution < -0.4 is 0 Å². The largest absolute Gasteiger partial charge is 0.466 e. The van der Waals surface area contributed by atoms with Crippen LogP contribution in [-0.2, 0) is 44.4 Å². The molecule has 0 amide bonds. The van der Waals surface area contributed by atoms with Crippen molar-refractivity contribution < 1.29 is 32.6 Å². The average molecular weight is 314 g/mol. The Labute approximate surface area is 117 Å². The first kappa shape index (κ1) is 18.5. The predicted molar refractivity (Wildman–Crippen MR) is 71.1 cm³/mol. The normalized spacial score (nSPS) is 12.8. The molecule has 0 aromatic heterocycles. The molecule has 0 aromatic carbocycles. The van der Waals surface area contributed by atoms with E-state index in [1.165, 1.54) is 14.2 Å². The first-order valence-corrected chi connectivity index (χ1v) is 8.20. The van der Waals surface area contributed by atoms with Gasteiger partial charge >= 0.3 is 18.7 Å². The van der Waals surface area contributed by atoms with E-state index < -0.39 is 24.8 Å². The molecule has 112 valence electrons. The van der Waals surface area contributed by atoms with Crippen molar-refractivity contribution in [1.82, 2.24) is 0 Å². The van der Waals surface area contributed by atoms with E-state index in [1.807, 2.05) is 0 Å². The fourth-order valence-electron chi connectivity index (χ4n) is 1.09. The summed E-state index contributed by atoms with van der Waals surface area (Å²) in [7, 11) is 2.60. The molecule has 0 aliphatic heterocycles. The number of carbonyl (C=O) groups excluding carboxylic acids is 2. The first-order chi connectivity index (χ1) is 8.92. The van der Waals surface area contributed by atoms with Crippen molar-refractivity contribution in [3.8, 4) is 0 Å². The molecule has 9 heteroatoms. The molecule has 0 spiro atoms. The third-order valence-electron chi connectivity index (χ3n) is 1.91. The molecule has 1 atom stereocenters. The van der Waals surface area contributed by atoms with Gasteiger partial charge in [0.2, 0.25) is 0 Å². The maximum absolute atomic E-state index is 11.7. The van der Waals surface area contributed by atoms with Gasteiger partial charge in [-0.05, 0) is 25.7 Å². The molecule has 0 aromatic rings. The Hall–Kier alpha value is -0.530. The second kappa shape index (κ2) is 9.39. The standard InChI is InChI=1S/C10H19O7PS/c1-5-15-9(11)7-8(10(12)16-6-2)17-18(19,13-3)14-4/h8H,5-7H2,1-4H3. The van der Waals surface area contributed by atoms with Crippen LogP contribution in [0, 0.1) is 0 Å². The molecule has 0 heterocycles. The minimum absolute atomic E-state index is 0.157. The van der Waals surface area contributed by atoms with Crippen molar-refractivity contribution in [3.63, 3.8) is 0 Å². The predicted octanol–water partition coefficient (Wildman–Crippen LogP) is 1.41. The van der Waals surface area contributed by atoms with E-state index in [2.05, 4.69) is 0 Å². The van der Waals surface area contributed by atoms with Gasteiger partial charge in [-0.25, -0.2) is 4.79 Å². The highest BCUT2D eigenvalue weighted by molar-refractivity contribution is 8.07. The highest BCUT2D eigenvalue weighted by atomic mass is 32.5. The molecule has 0 bridgehead atoms. The molecular weight excluding hydrogens is 295 g/mol. The molecule has 0 aliphatic carbocycles. The van der Waals surface area contributed by atoms with Gasteiger partial charge < -0.3 is 18.5 Å². The van der Waals surface area contributed by atoms with Gasteiger partial charge in [-0.3, -0.25) is 9.32 Å². The van der Waals surface area contributed by atoms with Gasteiger partial charge in [-0.15, -0.1) is 0 Å². The number of hydrogen-bond donors (Lipinski definition) is 0. The van der Waals surface area contributed by atoms with E-state index in [9.17, 15) is 9.59 Å². The number of esters is 2. The topological polar surface area (TPSA) is 80.3 Å². The van der Waals surface area contributed by atoms with E-state index in [0.29, 0.717) is 0 Å². The van der Waals surface area contributed by atoms with Crippen LogP contribution >= 0.6 is 6.72 Å². The van der Waals surface area contributed by atoms with Gasteiger partial charge in [0.25, 0.3) is 0 Å². The molecule has 0 saturated heterocycles. The molecular formula is C10H19O7PS. The van der Waals surface area contributed by atoms with Crippen LogP contribution in [0.5, 0.6) is 0 Å². The van der Waals surface area contributed by atoms with Gasteiger partial charge in [0.05, 0.1) is 19.6 Å². The van der Waals surface area contributed by atoms with Gasteiger partial charge in [-0.2, -0.15) is 0 Å². The quantitative estimate of drug-likeness (QED) is 0.467. The van der Waals surface area contributed by atoms with Gasteiger partial charge in [0, 0.05) is 14.2 Å². The lowest BCUT2D eigenvalue weighted by Gasteiger charge is -2.22. The summed E-state index contributed by atoms with van der Waals surface area (Å²) in [5, 5.41) is 0. The van der Waals surface area contributed by atoms with Crippen LogP contribution in [0.15, 0.2) is 0 Å². The second-order valence-corrected chi connectivity index (χ2v) is 6.34. The lowest BCUT2D eigenvalue weighted by Crippen LogP contribution is -2.29. The minimum Gasteiger partial charge on any atom is -0.466 e. The molecule has 0 radical (unpaired) electrons. The van der Waals surface area contributed by atoms with Crippen molar-refractivity contribution in [3.05, 3.63) is 0 Å². The van der Waals surface area contributed by atoms with Crippen molar-refractivity contribution in [2.75, 3.05) is 27.4 Å². The lowest BCUT2D eigenvalue weighted by atomic mass is 10.2. The molecule has 0 fully saturated rings. The van der Waals surface area contributed by atoms with Crippen LogP contribution in [0.25, 0.3) is 0 Å². The maximum atomic E-state index is 11.7. The summed E-state index contributed by atoms with van der Waals surface area (Å²) in [6.45, 7) is 0.598. The summed E-state index contributed by atoms with van der Waals surface area (Å²) < 4.78 is 24.7. The fraction of sp³-hybridized carbons (Fsp3) is 0.800. The van der Waals surface area contributed by atoms with Gasteiger partial charge in [0.1, 0.15) is 0 Å². The zero-order chi connectivity index (χ0) is 14.9. The second-order valence-electron chi connectivity index (χ2n) is 3.17. The van der Waals surface area contributed by atoms with Crippen LogP contribution in [-0.4, -0.2) is 45.5 Å². The fourth-order valence-corrected chi connectivity index (χ4v) is 2.19. The Kier molecular flexibility index (Phi) is 9.12. The highest BCUT2D eigenvalue weighted by Crippen LogP contribution is 2.49. The molecule has 0 aliphatic rings. The zero-order valence-corrected chi connectivity index (χ0v) is 13.1. The first-order valence-electron chi connectivity index (χ1n) is 5.64. The Morgan fingerprint density at radius 2 is 1.63 bits per heavy atom. The molecule has 0 saturated carbocycles. The number of ether oxygens (including phenoxy) is 2. The molecule has 1 unspecified atom stereocenters. The minimum atomic E-state index is -3.07. The zero-order valence-electron chi connectivity index (χ0n) is 11.4. The SMILES string of the molecule is CCOC(=O)CC(OP(=S)(OC)OC)C(=O)OCC. The lowest BCUT2D eigenvalue weighted by molar-refractivity contribution is -0.158. The van der Waals surface area contributed by atoms with E-state index >= 15 is 0 Å². The summed E-state index contributed by atoms with van der Waals surface area (Å²) in [5.74, 6) is -1.30. The van der Waals surface area contributed by atoms with Gasteiger partial charge in [0.15, 0.2) is 6.10 Å². The Morgan fingerprint density at radius 1 is 1.11 bits per heavy atom. The van der Waals surface area contributed by atoms with Crippen molar-refractivity contribution >= 4 is 30.5 Å². The maximum Gasteiger partial charge on any atom is 0.336 e. The molecule has 19 heavy (non-hydrogen) atoms. The summed E-state index contributed by atoms with van der Waals surface area (Å²) >= 11 is 4.99. The Morgan fingerprint density at radius 3 is 2.05 bits per heavy atom. The summed E-state index contributed by atoms with van der Waals surface area (Å²) in [5.41, 5.74) is 0. The van der Waals surface area contributed by atoms with Crippen LogP contribution in [0.4, 0.5) is 0 Å². The third-order valence-corrected chi connectivity index (χ3v) is 4.47. The average Bonchev–Trinajstić information content (AvgIpc) is 2.38. The smallest absolute Gasteiger partial charge is 0.336 e. The van der Waals surface area contributed by atoms with E-state index in [4.69, 9.17) is 34.9 Å². The monoisotopic (exact) mass is 314 g/mol. The molecule has 0 rings (SSSR count). The molecule has 7 nitrogen and oxygen atoms in total. The van der Waals surface area contributed by atoms with Crippen LogP contribution in [0.1, 0.15) is 20.3 Å². The van der Waals surface area contributed by atoms with E-state index in [-0.39, 0.29) is 19.6 Å². The number of hydrogen-bond acceptors (Lipinski definition) is 8. The van der Waals surface area contributed by atoms with E-state index in [1.54, 1.807) is 13.8 Å². The summed E-state index contributed by atoms with van der Waals surface area (Å²) in [6, 6.07) is 0. The van der Waals surface area contributed by atoms with Crippen molar-refractivity contribution in [2.45, 2.75) is 26.4 Å². The van der Waals surface area contributed by atoms with Crippen molar-refractivity contribution in [1.29, 1.82) is 0 Å². The van der Waals surface area contributed by atoms with E-state index in [0.717, 1.165) is 0 Å². The Balaban J connectivity index is 4.81. The van der Waals surface area contributed by atoms with Crippen LogP contribution in [0.2, 0.25) is 0 Å². The highest BCUT2D eigenvalue weighted by Gasteiger charge is 2.32. The number of carbonyl (C=O) groups is 2. The third kappa shape index (κ3) is 6.98. The number of rotatable bonds is 9. The van der Waals surface area contributed by atoms with Gasteiger partial charge in [-0.1, -0.05) is 0 Å². The Bertz CT molecular complexity index is 339. The van der Waals surface area contributed by atoms with Crippen LogP contribution in [0.3, 0.4) is 0 Å². The van der Waals surface area contributed by atoms with Crippen molar-refractivity contribution in [2.24, 2.45) is 0 Å². The summed E-state index contributed by atoms with van der Waals surface area (Å²) in [4.78, 5) is 23.1.